The van der Waals surface area contributed by atoms with Gasteiger partial charge < -0.3 is 20.1 Å². The normalized spacial score (nSPS) is 23.9. The zero-order chi connectivity index (χ0) is 14.7. The second kappa shape index (κ2) is 5.77. The maximum absolute atomic E-state index is 11.9. The highest BCUT2D eigenvalue weighted by atomic mass is 16.6. The summed E-state index contributed by atoms with van der Waals surface area (Å²) in [5.41, 5.74) is -1.62. The minimum atomic E-state index is -1.07. The fraction of sp³-hybridized carbons (Fsp3) is 0.846. The third-order valence-corrected chi connectivity index (χ3v) is 2.87. The number of β-amino-alcohol motifs (C(OH)–C–C–N with tert-alkyl or cyclic N) is 1. The summed E-state index contributed by atoms with van der Waals surface area (Å²) < 4.78 is 5.28. The second-order valence-corrected chi connectivity index (χ2v) is 6.14. The summed E-state index contributed by atoms with van der Waals surface area (Å²) in [5, 5.41) is 13.0. The quantitative estimate of drug-likeness (QED) is 0.782. The molecule has 0 radical (unpaired) electrons. The number of carbonyl (C=O) groups excluding carboxylic acids is 2. The summed E-state index contributed by atoms with van der Waals surface area (Å²) >= 11 is 0. The van der Waals surface area contributed by atoms with Crippen molar-refractivity contribution in [1.29, 1.82) is 0 Å². The highest BCUT2D eigenvalue weighted by molar-refractivity contribution is 5.73. The molecule has 0 saturated carbocycles. The summed E-state index contributed by atoms with van der Waals surface area (Å²) in [6.45, 7) is 7.72. The van der Waals surface area contributed by atoms with E-state index in [1.807, 2.05) is 0 Å². The Morgan fingerprint density at radius 3 is 2.58 bits per heavy atom. The Kier molecular flexibility index (Phi) is 4.79. The lowest BCUT2D eigenvalue weighted by Gasteiger charge is -2.39. The molecule has 1 saturated heterocycles. The topological polar surface area (TPSA) is 78.9 Å². The molecule has 6 nitrogen and oxygen atoms in total. The van der Waals surface area contributed by atoms with Crippen LogP contribution in [0.1, 0.15) is 40.5 Å². The molecular weight excluding hydrogens is 248 g/mol. The number of hydrogen-bond acceptors (Lipinski definition) is 4. The van der Waals surface area contributed by atoms with Gasteiger partial charge in [-0.05, 0) is 33.6 Å². The van der Waals surface area contributed by atoms with E-state index in [2.05, 4.69) is 5.32 Å². The summed E-state index contributed by atoms with van der Waals surface area (Å²) in [7, 11) is 0. The van der Waals surface area contributed by atoms with E-state index < -0.39 is 17.3 Å². The molecule has 0 bridgehead atoms. The molecule has 19 heavy (non-hydrogen) atoms. The van der Waals surface area contributed by atoms with Crippen molar-refractivity contribution < 1.29 is 19.4 Å². The number of amides is 2. The number of rotatable bonds is 2. The van der Waals surface area contributed by atoms with Crippen LogP contribution < -0.4 is 5.32 Å². The van der Waals surface area contributed by atoms with E-state index in [-0.39, 0.29) is 19.0 Å². The molecule has 1 heterocycles. The highest BCUT2D eigenvalue weighted by Gasteiger charge is 2.36. The van der Waals surface area contributed by atoms with E-state index in [0.29, 0.717) is 19.4 Å². The van der Waals surface area contributed by atoms with Gasteiger partial charge in [0.1, 0.15) is 5.60 Å². The molecule has 1 unspecified atom stereocenters. The van der Waals surface area contributed by atoms with Crippen LogP contribution in [0.25, 0.3) is 0 Å². The first-order chi connectivity index (χ1) is 8.61. The average Bonchev–Trinajstić information content (AvgIpc) is 2.24. The van der Waals surface area contributed by atoms with Gasteiger partial charge in [0, 0.05) is 20.0 Å². The lowest BCUT2D eigenvalue weighted by atomic mass is 9.93. The number of carbonyl (C=O) groups is 2. The Morgan fingerprint density at radius 1 is 1.42 bits per heavy atom. The van der Waals surface area contributed by atoms with Crippen LogP contribution in [-0.2, 0) is 9.53 Å². The summed E-state index contributed by atoms with van der Waals surface area (Å²) in [4.78, 5) is 24.3. The van der Waals surface area contributed by atoms with Gasteiger partial charge in [-0.1, -0.05) is 0 Å². The van der Waals surface area contributed by atoms with Crippen LogP contribution >= 0.6 is 0 Å². The molecule has 110 valence electrons. The molecule has 2 N–H and O–H groups in total. The van der Waals surface area contributed by atoms with Gasteiger partial charge in [0.25, 0.3) is 0 Å². The number of aliphatic hydroxyl groups is 1. The minimum absolute atomic E-state index is 0.154. The van der Waals surface area contributed by atoms with Gasteiger partial charge in [-0.2, -0.15) is 0 Å². The van der Waals surface area contributed by atoms with Crippen molar-refractivity contribution in [2.45, 2.75) is 51.7 Å². The number of likely N-dealkylation sites (tertiary alicyclic amines) is 1. The molecule has 1 aliphatic rings. The maximum Gasteiger partial charge on any atom is 0.410 e. The zero-order valence-electron chi connectivity index (χ0n) is 12.2. The van der Waals surface area contributed by atoms with Crippen molar-refractivity contribution in [3.05, 3.63) is 0 Å². The standard InChI is InChI=1S/C13H24N2O4/c1-10(16)14-8-13(18)6-5-7-15(9-13)11(17)19-12(2,3)4/h18H,5-9H2,1-4H3,(H,14,16). The lowest BCUT2D eigenvalue weighted by molar-refractivity contribution is -0.120. The summed E-state index contributed by atoms with van der Waals surface area (Å²) in [6, 6.07) is 0. The molecule has 1 atom stereocenters. The van der Waals surface area contributed by atoms with Gasteiger partial charge in [-0.3, -0.25) is 4.79 Å². The van der Waals surface area contributed by atoms with Crippen LogP contribution in [0.4, 0.5) is 4.79 Å². The average molecular weight is 272 g/mol. The molecule has 0 aromatic heterocycles. The van der Waals surface area contributed by atoms with Crippen molar-refractivity contribution in [3.8, 4) is 0 Å². The monoisotopic (exact) mass is 272 g/mol. The molecule has 1 rings (SSSR count). The number of nitrogens with one attached hydrogen (secondary N) is 1. The van der Waals surface area contributed by atoms with Gasteiger partial charge >= 0.3 is 6.09 Å². The number of nitrogens with zero attached hydrogens (tertiary/aromatic N) is 1. The molecule has 1 aliphatic heterocycles. The summed E-state index contributed by atoms with van der Waals surface area (Å²) in [6.07, 6.45) is 0.829. The maximum atomic E-state index is 11.9. The third-order valence-electron chi connectivity index (χ3n) is 2.87. The van der Waals surface area contributed by atoms with E-state index in [4.69, 9.17) is 4.74 Å². The predicted octanol–water partition coefficient (Wildman–Crippen LogP) is 0.884. The van der Waals surface area contributed by atoms with Crippen molar-refractivity contribution >= 4 is 12.0 Å². The first-order valence-electron chi connectivity index (χ1n) is 6.56. The molecule has 6 heteroatoms. The van der Waals surface area contributed by atoms with Crippen molar-refractivity contribution in [3.63, 3.8) is 0 Å². The lowest BCUT2D eigenvalue weighted by Crippen LogP contribution is -2.56. The van der Waals surface area contributed by atoms with E-state index in [1.54, 1.807) is 20.8 Å². The molecule has 1 fully saturated rings. The van der Waals surface area contributed by atoms with E-state index >= 15 is 0 Å². The second-order valence-electron chi connectivity index (χ2n) is 6.14. The smallest absolute Gasteiger partial charge is 0.410 e. The third kappa shape index (κ3) is 5.46. The van der Waals surface area contributed by atoms with E-state index in [1.165, 1.54) is 11.8 Å². The van der Waals surface area contributed by atoms with Crippen LogP contribution in [0, 0.1) is 0 Å². The Morgan fingerprint density at radius 2 is 2.05 bits per heavy atom. The van der Waals surface area contributed by atoms with Crippen LogP contribution in [0.15, 0.2) is 0 Å². The SMILES string of the molecule is CC(=O)NCC1(O)CCCN(C(=O)OC(C)(C)C)C1. The fourth-order valence-electron chi connectivity index (χ4n) is 2.03. The first-order valence-corrected chi connectivity index (χ1v) is 6.56. The van der Waals surface area contributed by atoms with Gasteiger partial charge in [-0.25, -0.2) is 4.79 Å². The Labute approximate surface area is 114 Å². The summed E-state index contributed by atoms with van der Waals surface area (Å²) in [5.74, 6) is -0.192. The van der Waals surface area contributed by atoms with E-state index in [9.17, 15) is 14.7 Å². The Hall–Kier alpha value is -1.30. The van der Waals surface area contributed by atoms with Crippen LogP contribution in [-0.4, -0.2) is 52.8 Å². The van der Waals surface area contributed by atoms with Crippen LogP contribution in [0.5, 0.6) is 0 Å². The minimum Gasteiger partial charge on any atom is -0.444 e. The van der Waals surface area contributed by atoms with Crippen molar-refractivity contribution in [2.75, 3.05) is 19.6 Å². The largest absolute Gasteiger partial charge is 0.444 e. The van der Waals surface area contributed by atoms with Gasteiger partial charge in [-0.15, -0.1) is 0 Å². The Bertz CT molecular complexity index is 351. The molecule has 0 spiro atoms. The molecule has 0 aliphatic carbocycles. The van der Waals surface area contributed by atoms with Crippen molar-refractivity contribution in [1.82, 2.24) is 10.2 Å². The Balaban J connectivity index is 2.58. The number of hydrogen-bond donors (Lipinski definition) is 2. The number of piperidine rings is 1. The molecule has 0 aromatic carbocycles. The van der Waals surface area contributed by atoms with Crippen LogP contribution in [0.2, 0.25) is 0 Å². The highest BCUT2D eigenvalue weighted by Crippen LogP contribution is 2.22. The van der Waals surface area contributed by atoms with Gasteiger partial charge in [0.05, 0.1) is 12.1 Å². The van der Waals surface area contributed by atoms with Gasteiger partial charge in [0.15, 0.2) is 0 Å². The zero-order valence-corrected chi connectivity index (χ0v) is 12.2. The van der Waals surface area contributed by atoms with E-state index in [0.717, 1.165) is 0 Å². The van der Waals surface area contributed by atoms with Gasteiger partial charge in [0.2, 0.25) is 5.91 Å². The van der Waals surface area contributed by atoms with Crippen molar-refractivity contribution in [2.24, 2.45) is 0 Å². The predicted molar refractivity (Wildman–Crippen MR) is 70.7 cm³/mol. The number of ether oxygens (including phenoxy) is 1. The molecular formula is C13H24N2O4. The fourth-order valence-corrected chi connectivity index (χ4v) is 2.03. The molecule has 2 amide bonds. The van der Waals surface area contributed by atoms with Crippen LogP contribution in [0.3, 0.4) is 0 Å². The first kappa shape index (κ1) is 15.8. The molecule has 0 aromatic rings.